The number of halogens is 1. The summed E-state index contributed by atoms with van der Waals surface area (Å²) in [7, 11) is 0. The maximum absolute atomic E-state index is 9.89. The van der Waals surface area contributed by atoms with E-state index >= 15 is 0 Å². The van der Waals surface area contributed by atoms with Crippen molar-refractivity contribution in [1.82, 2.24) is 0 Å². The van der Waals surface area contributed by atoms with Gasteiger partial charge in [0.1, 0.15) is 0 Å². The molecular weight excluding hydrogens is 250 g/mol. The van der Waals surface area contributed by atoms with Crippen molar-refractivity contribution in [3.8, 4) is 0 Å². The zero-order valence-corrected chi connectivity index (χ0v) is 9.99. The second-order valence-corrected chi connectivity index (χ2v) is 5.36. The van der Waals surface area contributed by atoms with Crippen molar-refractivity contribution in [3.05, 3.63) is 20.8 Å². The Balaban J connectivity index is 2.57. The maximum Gasteiger partial charge on any atom is 0.0679 e. The minimum absolute atomic E-state index is 0.527. The van der Waals surface area contributed by atoms with E-state index in [2.05, 4.69) is 15.9 Å². The van der Waals surface area contributed by atoms with E-state index in [0.717, 1.165) is 4.47 Å². The summed E-state index contributed by atoms with van der Waals surface area (Å²) in [4.78, 5) is 1.19. The van der Waals surface area contributed by atoms with Gasteiger partial charge in [0.2, 0.25) is 0 Å². The average molecular weight is 264 g/mol. The fourth-order valence-electron chi connectivity index (χ4n) is 1.22. The fraction of sp³-hybridized carbons (Fsp3) is 0.556. The van der Waals surface area contributed by atoms with Crippen LogP contribution in [0.2, 0.25) is 0 Å². The third kappa shape index (κ3) is 3.77. The lowest BCUT2D eigenvalue weighted by molar-refractivity contribution is 0.0547. The van der Waals surface area contributed by atoms with Gasteiger partial charge in [-0.25, -0.2) is 0 Å². The van der Waals surface area contributed by atoms with Crippen molar-refractivity contribution < 1.29 is 5.11 Å². The van der Waals surface area contributed by atoms with Crippen LogP contribution in [0.1, 0.15) is 18.2 Å². The largest absolute Gasteiger partial charge is 0.390 e. The van der Waals surface area contributed by atoms with Gasteiger partial charge in [0.05, 0.1) is 5.60 Å². The highest BCUT2D eigenvalue weighted by atomic mass is 79.9. The fourth-order valence-corrected chi connectivity index (χ4v) is 2.85. The van der Waals surface area contributed by atoms with Crippen molar-refractivity contribution >= 4 is 27.3 Å². The van der Waals surface area contributed by atoms with Crippen molar-refractivity contribution in [2.45, 2.75) is 25.4 Å². The summed E-state index contributed by atoms with van der Waals surface area (Å²) >= 11 is 5.04. The first kappa shape index (κ1) is 11.2. The molecule has 0 saturated carbocycles. The molecule has 1 atom stereocenters. The minimum Gasteiger partial charge on any atom is -0.390 e. The molecule has 2 nitrogen and oxygen atoms in total. The molecule has 0 bridgehead atoms. The summed E-state index contributed by atoms with van der Waals surface area (Å²) < 4.78 is 1.08. The van der Waals surface area contributed by atoms with Gasteiger partial charge < -0.3 is 10.8 Å². The Bertz CT molecular complexity index is 272. The van der Waals surface area contributed by atoms with Crippen LogP contribution in [0.3, 0.4) is 0 Å². The third-order valence-corrected chi connectivity index (χ3v) is 3.56. The van der Waals surface area contributed by atoms with E-state index in [1.165, 1.54) is 4.88 Å². The minimum atomic E-state index is -0.668. The van der Waals surface area contributed by atoms with Crippen molar-refractivity contribution in [2.24, 2.45) is 5.73 Å². The van der Waals surface area contributed by atoms with E-state index < -0.39 is 5.60 Å². The van der Waals surface area contributed by atoms with Gasteiger partial charge in [-0.05, 0) is 41.9 Å². The van der Waals surface area contributed by atoms with Gasteiger partial charge in [-0.2, -0.15) is 0 Å². The lowest BCUT2D eigenvalue weighted by Crippen LogP contribution is -2.29. The second kappa shape index (κ2) is 4.55. The van der Waals surface area contributed by atoms with Gasteiger partial charge >= 0.3 is 0 Å². The van der Waals surface area contributed by atoms with E-state index in [1.54, 1.807) is 11.3 Å². The molecular formula is C9H14BrNOS. The Hall–Kier alpha value is 0.1000. The van der Waals surface area contributed by atoms with E-state index in [-0.39, 0.29) is 0 Å². The monoisotopic (exact) mass is 263 g/mol. The quantitative estimate of drug-likeness (QED) is 0.875. The van der Waals surface area contributed by atoms with Crippen molar-refractivity contribution in [2.75, 3.05) is 6.54 Å². The first-order valence-electron chi connectivity index (χ1n) is 4.19. The Morgan fingerprint density at radius 2 is 2.38 bits per heavy atom. The highest BCUT2D eigenvalue weighted by molar-refractivity contribution is 9.10. The second-order valence-electron chi connectivity index (χ2n) is 3.44. The Labute approximate surface area is 90.9 Å². The topological polar surface area (TPSA) is 46.2 Å². The molecule has 0 amide bonds. The lowest BCUT2D eigenvalue weighted by Gasteiger charge is -2.21. The SMILES string of the molecule is CC(O)(CCN)Cc1cc(Br)cs1. The van der Waals surface area contributed by atoms with Gasteiger partial charge in [-0.3, -0.25) is 0 Å². The molecule has 0 aliphatic rings. The van der Waals surface area contributed by atoms with Crippen LogP contribution in [-0.2, 0) is 6.42 Å². The van der Waals surface area contributed by atoms with E-state index in [4.69, 9.17) is 5.73 Å². The molecule has 0 spiro atoms. The summed E-state index contributed by atoms with van der Waals surface area (Å²) in [5.74, 6) is 0. The Morgan fingerprint density at radius 3 is 2.85 bits per heavy atom. The highest BCUT2D eigenvalue weighted by Gasteiger charge is 2.20. The third-order valence-electron chi connectivity index (χ3n) is 1.86. The molecule has 1 aromatic heterocycles. The van der Waals surface area contributed by atoms with Crippen LogP contribution in [0.5, 0.6) is 0 Å². The van der Waals surface area contributed by atoms with Crippen LogP contribution in [0.15, 0.2) is 15.9 Å². The molecule has 0 aromatic carbocycles. The van der Waals surface area contributed by atoms with E-state index in [0.29, 0.717) is 19.4 Å². The van der Waals surface area contributed by atoms with Crippen molar-refractivity contribution in [3.63, 3.8) is 0 Å². The van der Waals surface area contributed by atoms with Crippen LogP contribution in [0.4, 0.5) is 0 Å². The molecule has 0 saturated heterocycles. The molecule has 1 rings (SSSR count). The van der Waals surface area contributed by atoms with Crippen LogP contribution in [0, 0.1) is 0 Å². The predicted octanol–water partition coefficient (Wildman–Crippen LogP) is 2.15. The summed E-state index contributed by atoms with van der Waals surface area (Å²) in [5, 5.41) is 11.9. The summed E-state index contributed by atoms with van der Waals surface area (Å²) in [6, 6.07) is 2.04. The standard InChI is InChI=1S/C9H14BrNOS/c1-9(12,2-3-11)5-8-4-7(10)6-13-8/h4,6,12H,2-3,5,11H2,1H3. The normalized spacial score (nSPS) is 15.7. The first-order chi connectivity index (χ1) is 6.03. The molecule has 0 fully saturated rings. The molecule has 1 unspecified atom stereocenters. The average Bonchev–Trinajstić information content (AvgIpc) is 2.34. The first-order valence-corrected chi connectivity index (χ1v) is 5.86. The molecule has 4 heteroatoms. The lowest BCUT2D eigenvalue weighted by atomic mass is 9.97. The van der Waals surface area contributed by atoms with Crippen LogP contribution in [-0.4, -0.2) is 17.3 Å². The number of hydrogen-bond acceptors (Lipinski definition) is 3. The number of aliphatic hydroxyl groups is 1. The van der Waals surface area contributed by atoms with Crippen molar-refractivity contribution in [1.29, 1.82) is 0 Å². The molecule has 0 aliphatic carbocycles. The zero-order valence-electron chi connectivity index (χ0n) is 7.59. The molecule has 1 heterocycles. The zero-order chi connectivity index (χ0) is 9.90. The molecule has 0 aliphatic heterocycles. The number of thiophene rings is 1. The van der Waals surface area contributed by atoms with E-state index in [9.17, 15) is 5.11 Å². The molecule has 1 aromatic rings. The molecule has 3 N–H and O–H groups in total. The number of nitrogens with two attached hydrogens (primary N) is 1. The number of hydrogen-bond donors (Lipinski definition) is 2. The summed E-state index contributed by atoms with van der Waals surface area (Å²) in [6.07, 6.45) is 1.32. The predicted molar refractivity (Wildman–Crippen MR) is 60.0 cm³/mol. The smallest absolute Gasteiger partial charge is 0.0679 e. The van der Waals surface area contributed by atoms with E-state index in [1.807, 2.05) is 18.4 Å². The highest BCUT2D eigenvalue weighted by Crippen LogP contribution is 2.24. The van der Waals surface area contributed by atoms with Gasteiger partial charge in [0, 0.05) is 21.2 Å². The Kier molecular flexibility index (Phi) is 3.91. The molecule has 0 radical (unpaired) electrons. The summed E-state index contributed by atoms with van der Waals surface area (Å²) in [6.45, 7) is 2.35. The van der Waals surface area contributed by atoms with Gasteiger partial charge in [-0.1, -0.05) is 0 Å². The van der Waals surface area contributed by atoms with Gasteiger partial charge in [0.15, 0.2) is 0 Å². The molecule has 74 valence electrons. The number of rotatable bonds is 4. The van der Waals surface area contributed by atoms with Crippen LogP contribution >= 0.6 is 27.3 Å². The maximum atomic E-state index is 9.89. The van der Waals surface area contributed by atoms with Crippen LogP contribution in [0.25, 0.3) is 0 Å². The van der Waals surface area contributed by atoms with Gasteiger partial charge in [-0.15, -0.1) is 11.3 Å². The van der Waals surface area contributed by atoms with Crippen LogP contribution < -0.4 is 5.73 Å². The Morgan fingerprint density at radius 1 is 1.69 bits per heavy atom. The summed E-state index contributed by atoms with van der Waals surface area (Å²) in [5.41, 5.74) is 4.74. The molecule has 13 heavy (non-hydrogen) atoms. The van der Waals surface area contributed by atoms with Gasteiger partial charge in [0.25, 0.3) is 0 Å².